The van der Waals surface area contributed by atoms with Gasteiger partial charge in [0.2, 0.25) is 5.91 Å². The molecule has 0 spiro atoms. The lowest BCUT2D eigenvalue weighted by Crippen LogP contribution is -2.26. The zero-order valence-electron chi connectivity index (χ0n) is 14.2. The standard InChI is InChI=1S/C17H15FIN5O3/c1-23-14(26)7-12(22-11-3-2-9(19)6-10(11)18)15-16(27)21-8-24(17(15)23)5-4-13(20)25/h2-3,6-8,22H,4-5H2,1H3,(H2,20,25). The third kappa shape index (κ3) is 3.84. The van der Waals surface area contributed by atoms with E-state index in [1.807, 2.05) is 22.6 Å². The molecule has 1 amide bonds. The summed E-state index contributed by atoms with van der Waals surface area (Å²) < 4.78 is 17.7. The predicted octanol–water partition coefficient (Wildman–Crippen LogP) is 1.46. The van der Waals surface area contributed by atoms with E-state index < -0.39 is 22.8 Å². The van der Waals surface area contributed by atoms with Gasteiger partial charge in [-0.2, -0.15) is 4.98 Å². The Morgan fingerprint density at radius 3 is 2.70 bits per heavy atom. The number of aromatic nitrogens is 3. The molecule has 0 bridgehead atoms. The summed E-state index contributed by atoms with van der Waals surface area (Å²) in [6.07, 6.45) is 1.26. The van der Waals surface area contributed by atoms with E-state index in [-0.39, 0.29) is 35.4 Å². The number of anilines is 2. The van der Waals surface area contributed by atoms with Crippen LogP contribution in [0.5, 0.6) is 0 Å². The van der Waals surface area contributed by atoms with Gasteiger partial charge in [-0.25, -0.2) is 4.39 Å². The molecule has 1 aromatic carbocycles. The van der Waals surface area contributed by atoms with Gasteiger partial charge in [-0.3, -0.25) is 19.0 Å². The number of carbonyl (C=O) groups is 1. The van der Waals surface area contributed by atoms with Crippen molar-refractivity contribution in [3.63, 3.8) is 0 Å². The van der Waals surface area contributed by atoms with Crippen molar-refractivity contribution in [2.45, 2.75) is 13.0 Å². The Balaban J connectivity index is 2.23. The minimum Gasteiger partial charge on any atom is -0.370 e. The molecule has 0 saturated carbocycles. The van der Waals surface area contributed by atoms with E-state index >= 15 is 0 Å². The summed E-state index contributed by atoms with van der Waals surface area (Å²) in [5, 5.41) is 2.92. The van der Waals surface area contributed by atoms with Crippen molar-refractivity contribution in [3.05, 3.63) is 60.7 Å². The molecule has 140 valence electrons. The first kappa shape index (κ1) is 19.0. The molecule has 0 aliphatic heterocycles. The van der Waals surface area contributed by atoms with Crippen molar-refractivity contribution in [2.24, 2.45) is 12.8 Å². The summed E-state index contributed by atoms with van der Waals surface area (Å²) in [6.45, 7) is 0.147. The highest BCUT2D eigenvalue weighted by atomic mass is 127. The summed E-state index contributed by atoms with van der Waals surface area (Å²) in [5.41, 5.74) is 4.72. The zero-order chi connectivity index (χ0) is 19.7. The van der Waals surface area contributed by atoms with Crippen LogP contribution in [0.15, 0.2) is 40.2 Å². The topological polar surface area (TPSA) is 112 Å². The lowest BCUT2D eigenvalue weighted by molar-refractivity contribution is -0.118. The van der Waals surface area contributed by atoms with Crippen molar-refractivity contribution in [2.75, 3.05) is 5.32 Å². The van der Waals surface area contributed by atoms with E-state index in [1.54, 1.807) is 6.07 Å². The van der Waals surface area contributed by atoms with Crippen molar-refractivity contribution in [3.8, 4) is 0 Å². The number of benzene rings is 1. The number of hydrogen-bond acceptors (Lipinski definition) is 5. The summed E-state index contributed by atoms with van der Waals surface area (Å²) in [7, 11) is 1.50. The molecule has 8 nitrogen and oxygen atoms in total. The highest BCUT2D eigenvalue weighted by Crippen LogP contribution is 2.25. The number of nitrogens with zero attached hydrogens (tertiary/aromatic N) is 3. The zero-order valence-corrected chi connectivity index (χ0v) is 16.4. The van der Waals surface area contributed by atoms with Gasteiger partial charge in [-0.05, 0) is 40.8 Å². The van der Waals surface area contributed by atoms with E-state index in [1.165, 1.54) is 40.7 Å². The Morgan fingerprint density at radius 2 is 2.04 bits per heavy atom. The summed E-state index contributed by atoms with van der Waals surface area (Å²) in [5.74, 6) is -1.05. The van der Waals surface area contributed by atoms with Gasteiger partial charge in [0, 0.05) is 29.6 Å². The van der Waals surface area contributed by atoms with Crippen LogP contribution >= 0.6 is 22.6 Å². The fraction of sp³-hybridized carbons (Fsp3) is 0.176. The molecule has 0 radical (unpaired) electrons. The molecule has 2 aromatic heterocycles. The van der Waals surface area contributed by atoms with Crippen LogP contribution in [0, 0.1) is 9.39 Å². The van der Waals surface area contributed by atoms with Gasteiger partial charge in [-0.15, -0.1) is 0 Å². The van der Waals surface area contributed by atoms with E-state index in [9.17, 15) is 18.8 Å². The normalized spacial score (nSPS) is 10.9. The molecule has 0 unspecified atom stereocenters. The largest absolute Gasteiger partial charge is 0.370 e. The maximum atomic E-state index is 14.2. The molecule has 3 N–H and O–H groups in total. The molecular weight excluding hydrogens is 468 g/mol. The van der Waals surface area contributed by atoms with Gasteiger partial charge in [0.1, 0.15) is 23.2 Å². The number of pyridine rings is 1. The number of primary amides is 1. The Morgan fingerprint density at radius 1 is 1.30 bits per heavy atom. The lowest BCUT2D eigenvalue weighted by atomic mass is 10.2. The molecule has 27 heavy (non-hydrogen) atoms. The van der Waals surface area contributed by atoms with Gasteiger partial charge in [0.25, 0.3) is 11.1 Å². The van der Waals surface area contributed by atoms with Crippen LogP contribution in [0.3, 0.4) is 0 Å². The van der Waals surface area contributed by atoms with Crippen molar-refractivity contribution < 1.29 is 9.18 Å². The van der Waals surface area contributed by atoms with E-state index in [0.717, 1.165) is 0 Å². The number of rotatable bonds is 5. The molecule has 0 fully saturated rings. The first-order valence-electron chi connectivity index (χ1n) is 7.87. The van der Waals surface area contributed by atoms with Gasteiger partial charge in [-0.1, -0.05) is 0 Å². The average Bonchev–Trinajstić information content (AvgIpc) is 2.60. The number of fused-ring (bicyclic) bond motifs is 1. The number of halogens is 2. The van der Waals surface area contributed by atoms with Crippen LogP contribution < -0.4 is 22.2 Å². The molecule has 0 saturated heterocycles. The lowest BCUT2D eigenvalue weighted by Gasteiger charge is -2.16. The maximum Gasteiger partial charge on any atom is 0.284 e. The molecular formula is C17H15FIN5O3. The summed E-state index contributed by atoms with van der Waals surface area (Å²) in [6, 6.07) is 5.75. The SMILES string of the molecule is Cn1c(=O)cc(Nc2ccc(I)cc2F)c2c(=O)ncn(CCC(N)=O)c21. The van der Waals surface area contributed by atoms with E-state index in [0.29, 0.717) is 3.57 Å². The second-order valence-corrected chi connectivity index (χ2v) is 7.11. The summed E-state index contributed by atoms with van der Waals surface area (Å²) >= 11 is 1.98. The van der Waals surface area contributed by atoms with Gasteiger partial charge >= 0.3 is 0 Å². The fourth-order valence-electron chi connectivity index (χ4n) is 2.70. The number of nitrogens with one attached hydrogen (secondary N) is 1. The third-order valence-corrected chi connectivity index (χ3v) is 4.68. The first-order valence-corrected chi connectivity index (χ1v) is 8.95. The highest BCUT2D eigenvalue weighted by molar-refractivity contribution is 14.1. The molecule has 3 aromatic rings. The minimum absolute atomic E-state index is 0.0112. The average molecular weight is 483 g/mol. The van der Waals surface area contributed by atoms with Crippen LogP contribution in [-0.2, 0) is 18.4 Å². The first-order chi connectivity index (χ1) is 12.8. The fourth-order valence-corrected chi connectivity index (χ4v) is 3.16. The third-order valence-electron chi connectivity index (χ3n) is 4.01. The Labute approximate surface area is 166 Å². The quantitative estimate of drug-likeness (QED) is 0.534. The molecule has 0 aliphatic carbocycles. The molecule has 10 heteroatoms. The number of nitrogens with two attached hydrogens (primary N) is 1. The maximum absolute atomic E-state index is 14.2. The molecule has 2 heterocycles. The Bertz CT molecular complexity index is 1170. The van der Waals surface area contributed by atoms with Crippen LogP contribution in [0.1, 0.15) is 6.42 Å². The van der Waals surface area contributed by atoms with Crippen LogP contribution in [0.25, 0.3) is 11.0 Å². The number of aryl methyl sites for hydroxylation is 2. The van der Waals surface area contributed by atoms with Crippen molar-refractivity contribution in [1.29, 1.82) is 0 Å². The van der Waals surface area contributed by atoms with Crippen LogP contribution in [-0.4, -0.2) is 20.0 Å². The van der Waals surface area contributed by atoms with Gasteiger partial charge < -0.3 is 15.6 Å². The van der Waals surface area contributed by atoms with Crippen LogP contribution in [0.4, 0.5) is 15.8 Å². The molecule has 3 rings (SSSR count). The summed E-state index contributed by atoms with van der Waals surface area (Å²) in [4.78, 5) is 39.7. The second kappa shape index (κ2) is 7.47. The number of amides is 1. The smallest absolute Gasteiger partial charge is 0.284 e. The number of carbonyl (C=O) groups excluding carboxylic acids is 1. The molecule has 0 aliphatic rings. The number of hydrogen-bond donors (Lipinski definition) is 2. The predicted molar refractivity (Wildman–Crippen MR) is 107 cm³/mol. The van der Waals surface area contributed by atoms with E-state index in [2.05, 4.69) is 10.3 Å². The van der Waals surface area contributed by atoms with Crippen molar-refractivity contribution >= 4 is 50.9 Å². The van der Waals surface area contributed by atoms with Crippen molar-refractivity contribution in [1.82, 2.24) is 14.1 Å². The Hall–Kier alpha value is -2.76. The van der Waals surface area contributed by atoms with Gasteiger partial charge in [0.15, 0.2) is 0 Å². The second-order valence-electron chi connectivity index (χ2n) is 5.86. The monoisotopic (exact) mass is 483 g/mol. The highest BCUT2D eigenvalue weighted by Gasteiger charge is 2.16. The van der Waals surface area contributed by atoms with Gasteiger partial charge in [0.05, 0.1) is 11.4 Å². The minimum atomic E-state index is -0.579. The van der Waals surface area contributed by atoms with E-state index in [4.69, 9.17) is 5.73 Å². The Kier molecular flexibility index (Phi) is 5.26. The molecule has 0 atom stereocenters. The van der Waals surface area contributed by atoms with Crippen LogP contribution in [0.2, 0.25) is 0 Å².